The van der Waals surface area contributed by atoms with Gasteiger partial charge in [0.1, 0.15) is 0 Å². The molecule has 6 nitrogen and oxygen atoms in total. The zero-order chi connectivity index (χ0) is 19.5. The quantitative estimate of drug-likeness (QED) is 0.710. The van der Waals surface area contributed by atoms with Crippen molar-refractivity contribution in [2.24, 2.45) is 0 Å². The highest BCUT2D eigenvalue weighted by molar-refractivity contribution is 5.95. The van der Waals surface area contributed by atoms with Crippen LogP contribution in [0.5, 0.6) is 11.5 Å². The zero-order valence-corrected chi connectivity index (χ0v) is 14.8. The third-order valence-electron chi connectivity index (χ3n) is 4.46. The van der Waals surface area contributed by atoms with Crippen molar-refractivity contribution in [1.29, 1.82) is 0 Å². The second kappa shape index (κ2) is 7.44. The Morgan fingerprint density at radius 2 is 1.61 bits per heavy atom. The minimum atomic E-state index is -0.964. The number of hydrogen-bond donors (Lipinski definition) is 2. The summed E-state index contributed by atoms with van der Waals surface area (Å²) in [6, 6.07) is 19.5. The number of nitrogens with one attached hydrogen (secondary N) is 1. The van der Waals surface area contributed by atoms with Crippen LogP contribution in [-0.2, 0) is 6.54 Å². The Morgan fingerprint density at radius 3 is 2.43 bits per heavy atom. The first-order valence-electron chi connectivity index (χ1n) is 8.71. The van der Waals surface area contributed by atoms with Crippen molar-refractivity contribution in [1.82, 2.24) is 5.32 Å². The maximum atomic E-state index is 12.4. The number of hydrogen-bond acceptors (Lipinski definition) is 4. The van der Waals surface area contributed by atoms with E-state index < -0.39 is 5.97 Å². The van der Waals surface area contributed by atoms with E-state index in [9.17, 15) is 9.59 Å². The van der Waals surface area contributed by atoms with Crippen LogP contribution in [0.1, 0.15) is 26.3 Å². The molecule has 0 bridgehead atoms. The summed E-state index contributed by atoms with van der Waals surface area (Å²) in [6.45, 7) is 0.510. The minimum Gasteiger partial charge on any atom is -0.478 e. The molecule has 6 heteroatoms. The highest BCUT2D eigenvalue weighted by Crippen LogP contribution is 2.32. The molecule has 28 heavy (non-hydrogen) atoms. The standard InChI is InChI=1S/C22H17NO5/c24-21(17-7-8-19-20(11-17)28-13-27-19)23-12-14-3-1-4-15(9-14)16-5-2-6-18(10-16)22(25)26/h1-11H,12-13H2,(H,23,24)(H,25,26). The van der Waals surface area contributed by atoms with E-state index in [1.165, 1.54) is 0 Å². The lowest BCUT2D eigenvalue weighted by atomic mass is 10.0. The first-order chi connectivity index (χ1) is 13.6. The van der Waals surface area contributed by atoms with Crippen molar-refractivity contribution >= 4 is 11.9 Å². The number of amides is 1. The molecule has 2 N–H and O–H groups in total. The van der Waals surface area contributed by atoms with Crippen molar-refractivity contribution in [2.45, 2.75) is 6.54 Å². The number of carbonyl (C=O) groups is 2. The van der Waals surface area contributed by atoms with Gasteiger partial charge in [-0.05, 0) is 53.1 Å². The molecule has 0 aliphatic carbocycles. The lowest BCUT2D eigenvalue weighted by Gasteiger charge is -2.09. The van der Waals surface area contributed by atoms with E-state index in [0.29, 0.717) is 23.6 Å². The van der Waals surface area contributed by atoms with Gasteiger partial charge in [0.15, 0.2) is 11.5 Å². The Morgan fingerprint density at radius 1 is 0.857 bits per heavy atom. The number of carboxylic acids is 1. The van der Waals surface area contributed by atoms with Gasteiger partial charge in [0, 0.05) is 12.1 Å². The van der Waals surface area contributed by atoms with Crippen molar-refractivity contribution in [3.8, 4) is 22.6 Å². The van der Waals surface area contributed by atoms with Crippen LogP contribution in [0.15, 0.2) is 66.7 Å². The van der Waals surface area contributed by atoms with Crippen molar-refractivity contribution in [3.05, 3.63) is 83.4 Å². The number of ether oxygens (including phenoxy) is 2. The SMILES string of the molecule is O=C(O)c1cccc(-c2cccc(CNC(=O)c3ccc4c(c3)OCO4)c2)c1. The van der Waals surface area contributed by atoms with Gasteiger partial charge in [-0.15, -0.1) is 0 Å². The lowest BCUT2D eigenvalue weighted by Crippen LogP contribution is -2.22. The molecular formula is C22H17NO5. The van der Waals surface area contributed by atoms with E-state index in [-0.39, 0.29) is 18.3 Å². The Balaban J connectivity index is 1.47. The van der Waals surface area contributed by atoms with Crippen LogP contribution >= 0.6 is 0 Å². The van der Waals surface area contributed by atoms with E-state index in [4.69, 9.17) is 14.6 Å². The fourth-order valence-corrected chi connectivity index (χ4v) is 3.01. The van der Waals surface area contributed by atoms with E-state index in [0.717, 1.165) is 16.7 Å². The average molecular weight is 375 g/mol. The van der Waals surface area contributed by atoms with Gasteiger partial charge in [-0.3, -0.25) is 4.79 Å². The lowest BCUT2D eigenvalue weighted by molar-refractivity contribution is 0.0696. The molecule has 4 rings (SSSR count). The van der Waals surface area contributed by atoms with E-state index >= 15 is 0 Å². The fraction of sp³-hybridized carbons (Fsp3) is 0.0909. The minimum absolute atomic E-state index is 0.163. The molecule has 0 saturated carbocycles. The van der Waals surface area contributed by atoms with Crippen LogP contribution in [0.4, 0.5) is 0 Å². The number of benzene rings is 3. The third-order valence-corrected chi connectivity index (χ3v) is 4.46. The topological polar surface area (TPSA) is 84.9 Å². The predicted molar refractivity (Wildman–Crippen MR) is 103 cm³/mol. The van der Waals surface area contributed by atoms with Crippen LogP contribution < -0.4 is 14.8 Å². The number of carboxylic acid groups (broad SMARTS) is 1. The van der Waals surface area contributed by atoms with Gasteiger partial charge < -0.3 is 19.9 Å². The summed E-state index contributed by atoms with van der Waals surface area (Å²) in [5, 5.41) is 12.0. The molecular weight excluding hydrogens is 358 g/mol. The van der Waals surface area contributed by atoms with Gasteiger partial charge in [0.2, 0.25) is 6.79 Å². The fourth-order valence-electron chi connectivity index (χ4n) is 3.01. The van der Waals surface area contributed by atoms with Crippen LogP contribution in [-0.4, -0.2) is 23.8 Å². The van der Waals surface area contributed by atoms with Gasteiger partial charge in [0.25, 0.3) is 5.91 Å². The normalized spacial score (nSPS) is 11.9. The molecule has 1 heterocycles. The number of rotatable bonds is 5. The molecule has 0 aromatic heterocycles. The van der Waals surface area contributed by atoms with E-state index in [1.807, 2.05) is 30.3 Å². The van der Waals surface area contributed by atoms with Crippen LogP contribution in [0, 0.1) is 0 Å². The number of aromatic carboxylic acids is 1. The maximum Gasteiger partial charge on any atom is 0.335 e. The van der Waals surface area contributed by atoms with Gasteiger partial charge in [0.05, 0.1) is 5.56 Å². The summed E-state index contributed by atoms with van der Waals surface area (Å²) in [5.41, 5.74) is 3.34. The third kappa shape index (κ3) is 3.66. The largest absolute Gasteiger partial charge is 0.478 e. The Bertz CT molecular complexity index is 1060. The first-order valence-corrected chi connectivity index (χ1v) is 8.71. The first kappa shape index (κ1) is 17.6. The summed E-state index contributed by atoms with van der Waals surface area (Å²) >= 11 is 0. The molecule has 140 valence electrons. The Labute approximate surface area is 161 Å². The van der Waals surface area contributed by atoms with Crippen molar-refractivity contribution in [3.63, 3.8) is 0 Å². The summed E-state index contributed by atoms with van der Waals surface area (Å²) < 4.78 is 10.5. The molecule has 1 aliphatic rings. The van der Waals surface area contributed by atoms with Gasteiger partial charge in [-0.1, -0.05) is 30.3 Å². The number of fused-ring (bicyclic) bond motifs is 1. The second-order valence-corrected chi connectivity index (χ2v) is 6.34. The number of carbonyl (C=O) groups excluding carboxylic acids is 1. The van der Waals surface area contributed by atoms with Gasteiger partial charge in [-0.25, -0.2) is 4.79 Å². The van der Waals surface area contributed by atoms with Gasteiger partial charge in [-0.2, -0.15) is 0 Å². The van der Waals surface area contributed by atoms with E-state index in [2.05, 4.69) is 5.32 Å². The Hall–Kier alpha value is -3.80. The highest BCUT2D eigenvalue weighted by atomic mass is 16.7. The molecule has 1 amide bonds. The van der Waals surface area contributed by atoms with Crippen LogP contribution in [0.3, 0.4) is 0 Å². The monoisotopic (exact) mass is 375 g/mol. The maximum absolute atomic E-state index is 12.4. The molecule has 3 aromatic carbocycles. The Kier molecular flexibility index (Phi) is 4.68. The van der Waals surface area contributed by atoms with Crippen LogP contribution in [0.2, 0.25) is 0 Å². The molecule has 0 unspecified atom stereocenters. The predicted octanol–water partition coefficient (Wildman–Crippen LogP) is 3.71. The van der Waals surface area contributed by atoms with Crippen LogP contribution in [0.25, 0.3) is 11.1 Å². The smallest absolute Gasteiger partial charge is 0.335 e. The molecule has 1 aliphatic heterocycles. The molecule has 0 fully saturated rings. The molecule has 0 spiro atoms. The molecule has 0 radical (unpaired) electrons. The van der Waals surface area contributed by atoms with Crippen molar-refractivity contribution in [2.75, 3.05) is 6.79 Å². The van der Waals surface area contributed by atoms with E-state index in [1.54, 1.807) is 36.4 Å². The molecule has 3 aromatic rings. The average Bonchev–Trinajstić information content (AvgIpc) is 3.20. The summed E-state index contributed by atoms with van der Waals surface area (Å²) in [6.07, 6.45) is 0. The molecule has 0 saturated heterocycles. The van der Waals surface area contributed by atoms with Gasteiger partial charge >= 0.3 is 5.97 Å². The summed E-state index contributed by atoms with van der Waals surface area (Å²) in [7, 11) is 0. The molecule has 0 atom stereocenters. The summed E-state index contributed by atoms with van der Waals surface area (Å²) in [4.78, 5) is 23.6. The van der Waals surface area contributed by atoms with Crippen molar-refractivity contribution < 1.29 is 24.2 Å². The summed E-state index contributed by atoms with van der Waals surface area (Å²) in [5.74, 6) is 0.0198. The zero-order valence-electron chi connectivity index (χ0n) is 14.8. The highest BCUT2D eigenvalue weighted by Gasteiger charge is 2.16. The second-order valence-electron chi connectivity index (χ2n) is 6.34.